The predicted molar refractivity (Wildman–Crippen MR) is 83.2 cm³/mol. The maximum atomic E-state index is 12.5. The maximum absolute atomic E-state index is 12.5. The summed E-state index contributed by atoms with van der Waals surface area (Å²) in [6.07, 6.45) is 1.80. The molecule has 2 aromatic rings. The van der Waals surface area contributed by atoms with Gasteiger partial charge in [-0.25, -0.2) is 4.98 Å². The summed E-state index contributed by atoms with van der Waals surface area (Å²) in [6, 6.07) is 4.32. The molecule has 0 radical (unpaired) electrons. The van der Waals surface area contributed by atoms with Gasteiger partial charge in [0.15, 0.2) is 0 Å². The molecule has 1 aliphatic heterocycles. The van der Waals surface area contributed by atoms with Gasteiger partial charge in [0.25, 0.3) is 11.6 Å². The van der Waals surface area contributed by atoms with Crippen molar-refractivity contribution in [3.8, 4) is 0 Å². The van der Waals surface area contributed by atoms with E-state index in [0.717, 1.165) is 11.5 Å². The minimum atomic E-state index is -0.510. The molecule has 3 heterocycles. The molecule has 0 saturated carbocycles. The summed E-state index contributed by atoms with van der Waals surface area (Å²) in [7, 11) is 1.80. The van der Waals surface area contributed by atoms with E-state index in [0.29, 0.717) is 18.8 Å². The molecule has 0 bridgehead atoms. The molecule has 2 aromatic heterocycles. The highest BCUT2D eigenvalue weighted by Gasteiger charge is 2.34. The van der Waals surface area contributed by atoms with E-state index < -0.39 is 11.0 Å². The normalized spacial score (nSPS) is 17.6. The highest BCUT2D eigenvalue weighted by molar-refractivity contribution is 6.00. The van der Waals surface area contributed by atoms with Crippen LogP contribution in [0.1, 0.15) is 12.1 Å². The van der Waals surface area contributed by atoms with Crippen LogP contribution < -0.4 is 10.2 Å². The lowest BCUT2D eigenvalue weighted by Gasteiger charge is -2.17. The summed E-state index contributed by atoms with van der Waals surface area (Å²) in [5.41, 5.74) is 0.768. The van der Waals surface area contributed by atoms with Crippen LogP contribution in [0.4, 0.5) is 17.3 Å². The van der Waals surface area contributed by atoms with Crippen LogP contribution in [-0.2, 0) is 11.8 Å². The molecule has 9 heteroatoms. The van der Waals surface area contributed by atoms with Gasteiger partial charge in [-0.15, -0.1) is 0 Å². The third-order valence-corrected chi connectivity index (χ3v) is 3.74. The van der Waals surface area contributed by atoms with Crippen molar-refractivity contribution in [3.05, 3.63) is 40.2 Å². The Kier molecular flexibility index (Phi) is 3.68. The Morgan fingerprint density at radius 3 is 2.78 bits per heavy atom. The number of anilines is 2. The minimum Gasteiger partial charge on any atom is -0.358 e. The van der Waals surface area contributed by atoms with Crippen molar-refractivity contribution in [2.45, 2.75) is 19.4 Å². The van der Waals surface area contributed by atoms with Gasteiger partial charge in [0, 0.05) is 25.7 Å². The third kappa shape index (κ3) is 2.85. The zero-order valence-electron chi connectivity index (χ0n) is 12.8. The molecule has 23 heavy (non-hydrogen) atoms. The van der Waals surface area contributed by atoms with Crippen LogP contribution in [0, 0.1) is 17.0 Å². The van der Waals surface area contributed by atoms with Gasteiger partial charge in [-0.05, 0) is 19.4 Å². The first kappa shape index (κ1) is 14.9. The molecular weight excluding hydrogens is 300 g/mol. The van der Waals surface area contributed by atoms with E-state index in [2.05, 4.69) is 15.4 Å². The zero-order valence-corrected chi connectivity index (χ0v) is 12.8. The number of rotatable bonds is 4. The van der Waals surface area contributed by atoms with Gasteiger partial charge in [0.05, 0.1) is 10.6 Å². The van der Waals surface area contributed by atoms with Gasteiger partial charge in [0.2, 0.25) is 0 Å². The fraction of sp³-hybridized carbons (Fsp3) is 0.357. The Labute approximate surface area is 132 Å². The fourth-order valence-electron chi connectivity index (χ4n) is 2.65. The maximum Gasteiger partial charge on any atom is 0.287 e. The van der Waals surface area contributed by atoms with Gasteiger partial charge in [-0.3, -0.25) is 24.5 Å². The quantitative estimate of drug-likeness (QED) is 0.672. The van der Waals surface area contributed by atoms with Crippen LogP contribution in [0.15, 0.2) is 24.4 Å². The molecule has 1 fully saturated rings. The van der Waals surface area contributed by atoms with E-state index >= 15 is 0 Å². The van der Waals surface area contributed by atoms with Crippen molar-refractivity contribution in [2.75, 3.05) is 16.8 Å². The molecule has 1 N–H and O–H groups in total. The van der Waals surface area contributed by atoms with Crippen molar-refractivity contribution < 1.29 is 9.72 Å². The number of hydrogen-bond donors (Lipinski definition) is 1. The summed E-state index contributed by atoms with van der Waals surface area (Å²) in [4.78, 5) is 28.3. The van der Waals surface area contributed by atoms with Crippen molar-refractivity contribution in [2.24, 2.45) is 7.05 Å². The van der Waals surface area contributed by atoms with Crippen LogP contribution in [0.25, 0.3) is 0 Å². The molecule has 1 saturated heterocycles. The monoisotopic (exact) mass is 316 g/mol. The Hall–Kier alpha value is -2.97. The highest BCUT2D eigenvalue weighted by atomic mass is 16.6. The lowest BCUT2D eigenvalue weighted by molar-refractivity contribution is -0.385. The topological polar surface area (TPSA) is 106 Å². The van der Waals surface area contributed by atoms with Crippen molar-refractivity contribution in [1.29, 1.82) is 0 Å². The molecule has 3 rings (SSSR count). The smallest absolute Gasteiger partial charge is 0.287 e. The lowest BCUT2D eigenvalue weighted by atomic mass is 10.2. The van der Waals surface area contributed by atoms with Gasteiger partial charge in [0.1, 0.15) is 23.9 Å². The van der Waals surface area contributed by atoms with Crippen LogP contribution in [0.2, 0.25) is 0 Å². The van der Waals surface area contributed by atoms with E-state index in [-0.39, 0.29) is 11.6 Å². The molecule has 0 aromatic carbocycles. The van der Waals surface area contributed by atoms with E-state index in [1.165, 1.54) is 18.3 Å². The second-order valence-corrected chi connectivity index (χ2v) is 5.40. The number of aromatic nitrogens is 3. The Morgan fingerprint density at radius 2 is 2.22 bits per heavy atom. The summed E-state index contributed by atoms with van der Waals surface area (Å²) < 4.78 is 1.68. The molecule has 1 aliphatic rings. The number of amides is 1. The van der Waals surface area contributed by atoms with Crippen molar-refractivity contribution >= 4 is 23.2 Å². The van der Waals surface area contributed by atoms with E-state index in [1.54, 1.807) is 16.6 Å². The summed E-state index contributed by atoms with van der Waals surface area (Å²) >= 11 is 0. The second-order valence-electron chi connectivity index (χ2n) is 5.40. The third-order valence-electron chi connectivity index (χ3n) is 3.74. The number of pyridine rings is 1. The van der Waals surface area contributed by atoms with Gasteiger partial charge in [-0.2, -0.15) is 5.10 Å². The Balaban J connectivity index is 1.72. The SMILES string of the molecule is Cc1cc(N2CCC(Nc3ccc([N+](=O)[O-])cn3)C2=O)n(C)n1. The number of nitrogens with zero attached hydrogens (tertiary/aromatic N) is 5. The zero-order chi connectivity index (χ0) is 16.6. The number of hydrogen-bond acceptors (Lipinski definition) is 6. The number of carbonyl (C=O) groups is 1. The van der Waals surface area contributed by atoms with Crippen molar-refractivity contribution in [3.63, 3.8) is 0 Å². The fourth-order valence-corrected chi connectivity index (χ4v) is 2.65. The highest BCUT2D eigenvalue weighted by Crippen LogP contribution is 2.24. The van der Waals surface area contributed by atoms with Crippen molar-refractivity contribution in [1.82, 2.24) is 14.8 Å². The minimum absolute atomic E-state index is 0.0619. The van der Waals surface area contributed by atoms with Gasteiger partial charge in [-0.1, -0.05) is 0 Å². The average molecular weight is 316 g/mol. The number of carbonyl (C=O) groups excluding carboxylic acids is 1. The standard InChI is InChI=1S/C14H16N6O3/c1-9-7-13(18(2)17-9)19-6-5-11(14(19)21)16-12-4-3-10(8-15-12)20(22)23/h3-4,7-8,11H,5-6H2,1-2H3,(H,15,16). The first-order valence-electron chi connectivity index (χ1n) is 7.14. The van der Waals surface area contributed by atoms with Crippen LogP contribution in [0.5, 0.6) is 0 Å². The first-order valence-corrected chi connectivity index (χ1v) is 7.14. The van der Waals surface area contributed by atoms with E-state index in [1.807, 2.05) is 13.0 Å². The molecule has 9 nitrogen and oxygen atoms in total. The van der Waals surface area contributed by atoms with E-state index in [9.17, 15) is 14.9 Å². The lowest BCUT2D eigenvalue weighted by Crippen LogP contribution is -2.34. The van der Waals surface area contributed by atoms with Crippen LogP contribution >= 0.6 is 0 Å². The molecule has 120 valence electrons. The Bertz CT molecular complexity index is 754. The van der Waals surface area contributed by atoms with Crippen LogP contribution in [-0.4, -0.2) is 38.2 Å². The van der Waals surface area contributed by atoms with Crippen LogP contribution in [0.3, 0.4) is 0 Å². The number of nitro groups is 1. The van der Waals surface area contributed by atoms with E-state index in [4.69, 9.17) is 0 Å². The second kappa shape index (κ2) is 5.67. The molecular formula is C14H16N6O3. The Morgan fingerprint density at radius 1 is 1.43 bits per heavy atom. The average Bonchev–Trinajstić information content (AvgIpc) is 3.02. The molecule has 0 aliphatic carbocycles. The molecule has 0 spiro atoms. The summed E-state index contributed by atoms with van der Waals surface area (Å²) in [6.45, 7) is 2.46. The molecule has 1 unspecified atom stereocenters. The first-order chi connectivity index (χ1) is 11.0. The largest absolute Gasteiger partial charge is 0.358 e. The summed E-state index contributed by atoms with van der Waals surface area (Å²) in [5, 5.41) is 17.9. The molecule has 1 amide bonds. The number of nitrogens with one attached hydrogen (secondary N) is 1. The van der Waals surface area contributed by atoms with Gasteiger partial charge >= 0.3 is 0 Å². The summed E-state index contributed by atoms with van der Waals surface area (Å²) in [5.74, 6) is 1.14. The number of aryl methyl sites for hydroxylation is 2. The van der Waals surface area contributed by atoms with Gasteiger partial charge < -0.3 is 5.32 Å². The predicted octanol–water partition coefficient (Wildman–Crippen LogP) is 1.25. The molecule has 1 atom stereocenters.